The minimum atomic E-state index is -0.527. The van der Waals surface area contributed by atoms with Crippen molar-refractivity contribution < 1.29 is 9.53 Å². The van der Waals surface area contributed by atoms with E-state index in [9.17, 15) is 4.79 Å². The van der Waals surface area contributed by atoms with E-state index in [1.54, 1.807) is 0 Å². The molecular formula is C17H34N2O2. The zero-order valence-electron chi connectivity index (χ0n) is 14.4. The summed E-state index contributed by atoms with van der Waals surface area (Å²) >= 11 is 0. The standard InChI is InChI=1S/C17H34N2O2/c1-5-11-18-17(3,16(20)21-4)10-6-7-12-19-13-8-15(2)9-14-19/h15,18H,5-14H2,1-4H3. The van der Waals surface area contributed by atoms with Crippen LogP contribution in [0.4, 0.5) is 0 Å². The molecule has 1 atom stereocenters. The van der Waals surface area contributed by atoms with Crippen LogP contribution >= 0.6 is 0 Å². The zero-order chi connectivity index (χ0) is 15.7. The molecule has 0 saturated carbocycles. The van der Waals surface area contributed by atoms with E-state index in [4.69, 9.17) is 4.74 Å². The Kier molecular flexibility index (Phi) is 8.27. The largest absolute Gasteiger partial charge is 0.468 e. The van der Waals surface area contributed by atoms with Gasteiger partial charge >= 0.3 is 5.97 Å². The Labute approximate surface area is 130 Å². The van der Waals surface area contributed by atoms with Crippen LogP contribution in [-0.4, -0.2) is 49.7 Å². The highest BCUT2D eigenvalue weighted by atomic mass is 16.5. The molecule has 0 aromatic heterocycles. The molecule has 0 aromatic rings. The number of hydrogen-bond donors (Lipinski definition) is 1. The van der Waals surface area contributed by atoms with Gasteiger partial charge in [-0.2, -0.15) is 0 Å². The average Bonchev–Trinajstić information content (AvgIpc) is 2.50. The second kappa shape index (κ2) is 9.42. The van der Waals surface area contributed by atoms with Gasteiger partial charge in [0.15, 0.2) is 0 Å². The molecule has 0 radical (unpaired) electrons. The summed E-state index contributed by atoms with van der Waals surface area (Å²) in [6.07, 6.45) is 6.77. The number of piperidine rings is 1. The molecule has 4 heteroatoms. The van der Waals surface area contributed by atoms with E-state index in [2.05, 4.69) is 24.1 Å². The van der Waals surface area contributed by atoms with Crippen LogP contribution in [0, 0.1) is 5.92 Å². The SMILES string of the molecule is CCCNC(C)(CCCCN1CCC(C)CC1)C(=O)OC. The van der Waals surface area contributed by atoms with Crippen molar-refractivity contribution in [3.05, 3.63) is 0 Å². The molecule has 124 valence electrons. The molecule has 0 spiro atoms. The quantitative estimate of drug-likeness (QED) is 0.525. The van der Waals surface area contributed by atoms with E-state index >= 15 is 0 Å². The van der Waals surface area contributed by atoms with E-state index in [0.717, 1.165) is 44.7 Å². The topological polar surface area (TPSA) is 41.6 Å². The molecule has 4 nitrogen and oxygen atoms in total. The molecule has 0 aliphatic carbocycles. The van der Waals surface area contributed by atoms with Gasteiger partial charge in [0, 0.05) is 0 Å². The van der Waals surface area contributed by atoms with Gasteiger partial charge in [-0.25, -0.2) is 0 Å². The van der Waals surface area contributed by atoms with Crippen LogP contribution in [0.15, 0.2) is 0 Å². The summed E-state index contributed by atoms with van der Waals surface area (Å²) in [5, 5.41) is 3.35. The first-order chi connectivity index (χ1) is 10.0. The fourth-order valence-corrected chi connectivity index (χ4v) is 2.99. The zero-order valence-corrected chi connectivity index (χ0v) is 14.4. The smallest absolute Gasteiger partial charge is 0.325 e. The van der Waals surface area contributed by atoms with E-state index in [-0.39, 0.29) is 5.97 Å². The van der Waals surface area contributed by atoms with Crippen LogP contribution in [0.1, 0.15) is 59.3 Å². The number of nitrogens with one attached hydrogen (secondary N) is 1. The number of carbonyl (C=O) groups is 1. The Balaban J connectivity index is 2.28. The van der Waals surface area contributed by atoms with E-state index in [1.165, 1.54) is 33.0 Å². The number of carbonyl (C=O) groups excluding carboxylic acids is 1. The highest BCUT2D eigenvalue weighted by Crippen LogP contribution is 2.19. The summed E-state index contributed by atoms with van der Waals surface area (Å²) in [4.78, 5) is 14.5. The Hall–Kier alpha value is -0.610. The number of ether oxygens (including phenoxy) is 1. The van der Waals surface area contributed by atoms with Crippen LogP contribution in [0.2, 0.25) is 0 Å². The maximum Gasteiger partial charge on any atom is 0.325 e. The van der Waals surface area contributed by atoms with Crippen LogP contribution < -0.4 is 5.32 Å². The maximum absolute atomic E-state index is 12.0. The first-order valence-electron chi connectivity index (χ1n) is 8.57. The summed E-state index contributed by atoms with van der Waals surface area (Å²) in [7, 11) is 1.48. The molecule has 21 heavy (non-hydrogen) atoms. The molecule has 1 heterocycles. The Bertz CT molecular complexity index is 301. The van der Waals surface area contributed by atoms with Gasteiger partial charge < -0.3 is 15.0 Å². The third-order valence-corrected chi connectivity index (χ3v) is 4.68. The normalized spacial score (nSPS) is 20.2. The Morgan fingerprint density at radius 2 is 2.00 bits per heavy atom. The van der Waals surface area contributed by atoms with Crippen molar-refractivity contribution in [2.24, 2.45) is 5.92 Å². The van der Waals surface area contributed by atoms with E-state index in [1.807, 2.05) is 6.92 Å². The van der Waals surface area contributed by atoms with Crippen molar-refractivity contribution in [3.63, 3.8) is 0 Å². The number of esters is 1. The van der Waals surface area contributed by atoms with Gasteiger partial charge in [-0.1, -0.05) is 13.8 Å². The van der Waals surface area contributed by atoms with Gasteiger partial charge in [-0.15, -0.1) is 0 Å². The predicted octanol–water partition coefficient (Wildman–Crippen LogP) is 2.82. The van der Waals surface area contributed by atoms with Gasteiger partial charge in [0.2, 0.25) is 0 Å². The molecule has 1 N–H and O–H groups in total. The van der Waals surface area contributed by atoms with Crippen molar-refractivity contribution in [1.29, 1.82) is 0 Å². The van der Waals surface area contributed by atoms with E-state index in [0.29, 0.717) is 0 Å². The molecule has 0 amide bonds. The third-order valence-electron chi connectivity index (χ3n) is 4.68. The van der Waals surface area contributed by atoms with Crippen molar-refractivity contribution >= 4 is 5.97 Å². The third kappa shape index (κ3) is 6.35. The van der Waals surface area contributed by atoms with Crippen LogP contribution in [0.25, 0.3) is 0 Å². The molecule has 1 unspecified atom stereocenters. The number of hydrogen-bond acceptors (Lipinski definition) is 4. The molecule has 1 rings (SSSR count). The highest BCUT2D eigenvalue weighted by molar-refractivity contribution is 5.80. The monoisotopic (exact) mass is 298 g/mol. The first kappa shape index (κ1) is 18.4. The number of methoxy groups -OCH3 is 1. The fourth-order valence-electron chi connectivity index (χ4n) is 2.99. The maximum atomic E-state index is 12.0. The summed E-state index contributed by atoms with van der Waals surface area (Å²) in [5.41, 5.74) is -0.527. The molecular weight excluding hydrogens is 264 g/mol. The van der Waals surface area contributed by atoms with Crippen molar-refractivity contribution in [3.8, 4) is 0 Å². The van der Waals surface area contributed by atoms with Gasteiger partial charge in [-0.3, -0.25) is 4.79 Å². The first-order valence-corrected chi connectivity index (χ1v) is 8.57. The van der Waals surface area contributed by atoms with E-state index < -0.39 is 5.54 Å². The minimum absolute atomic E-state index is 0.136. The minimum Gasteiger partial charge on any atom is -0.468 e. The van der Waals surface area contributed by atoms with Gasteiger partial charge in [0.1, 0.15) is 5.54 Å². The average molecular weight is 298 g/mol. The number of rotatable bonds is 9. The summed E-state index contributed by atoms with van der Waals surface area (Å²) in [5.74, 6) is 0.754. The van der Waals surface area contributed by atoms with Crippen LogP contribution in [0.5, 0.6) is 0 Å². The Morgan fingerprint density at radius 1 is 1.33 bits per heavy atom. The number of nitrogens with zero attached hydrogens (tertiary/aromatic N) is 1. The van der Waals surface area contributed by atoms with Crippen LogP contribution in [0.3, 0.4) is 0 Å². The van der Waals surface area contributed by atoms with Gasteiger partial charge in [0.05, 0.1) is 7.11 Å². The molecule has 0 aromatic carbocycles. The lowest BCUT2D eigenvalue weighted by atomic mass is 9.94. The second-order valence-electron chi connectivity index (χ2n) is 6.73. The Morgan fingerprint density at radius 3 is 2.57 bits per heavy atom. The second-order valence-corrected chi connectivity index (χ2v) is 6.73. The molecule has 0 bridgehead atoms. The number of unbranched alkanes of at least 4 members (excludes halogenated alkanes) is 1. The fraction of sp³-hybridized carbons (Fsp3) is 0.941. The lowest BCUT2D eigenvalue weighted by molar-refractivity contribution is -0.148. The summed E-state index contributed by atoms with van der Waals surface area (Å²) < 4.78 is 4.96. The summed E-state index contributed by atoms with van der Waals surface area (Å²) in [6, 6.07) is 0. The van der Waals surface area contributed by atoms with Crippen molar-refractivity contribution in [2.75, 3.05) is 33.3 Å². The van der Waals surface area contributed by atoms with Gasteiger partial charge in [0.25, 0.3) is 0 Å². The van der Waals surface area contributed by atoms with Crippen molar-refractivity contribution in [2.45, 2.75) is 64.8 Å². The highest BCUT2D eigenvalue weighted by Gasteiger charge is 2.32. The lowest BCUT2D eigenvalue weighted by Gasteiger charge is -2.31. The van der Waals surface area contributed by atoms with Crippen LogP contribution in [-0.2, 0) is 9.53 Å². The van der Waals surface area contributed by atoms with Gasteiger partial charge in [-0.05, 0) is 77.5 Å². The lowest BCUT2D eigenvalue weighted by Crippen LogP contribution is -2.50. The molecule has 1 aliphatic heterocycles. The predicted molar refractivity (Wildman–Crippen MR) is 87.4 cm³/mol. The molecule has 1 aliphatic rings. The molecule has 1 fully saturated rings. The summed E-state index contributed by atoms with van der Waals surface area (Å²) in [6.45, 7) is 10.9. The molecule has 1 saturated heterocycles. The number of likely N-dealkylation sites (tertiary alicyclic amines) is 1. The van der Waals surface area contributed by atoms with Crippen molar-refractivity contribution in [1.82, 2.24) is 10.2 Å².